The quantitative estimate of drug-likeness (QED) is 0.931. The number of nitrogens with one attached hydrogen (secondary N) is 1. The lowest BCUT2D eigenvalue weighted by Crippen LogP contribution is -2.53. The zero-order chi connectivity index (χ0) is 14.9. The van der Waals surface area contributed by atoms with Crippen LogP contribution in [0.15, 0.2) is 36.5 Å². The van der Waals surface area contributed by atoms with E-state index in [1.165, 1.54) is 12.8 Å². The number of likely N-dealkylation sites (N-methyl/N-ethyl adjacent to an activating group) is 1. The smallest absolute Gasteiger partial charge is 0.122 e. The summed E-state index contributed by atoms with van der Waals surface area (Å²) in [5.41, 5.74) is 1.26. The van der Waals surface area contributed by atoms with Crippen molar-refractivity contribution in [3.05, 3.63) is 36.5 Å². The first kappa shape index (κ1) is 14.3. The third-order valence-electron chi connectivity index (χ3n) is 4.70. The van der Waals surface area contributed by atoms with Crippen LogP contribution in [0.2, 0.25) is 0 Å². The van der Waals surface area contributed by atoms with Crippen LogP contribution in [0.1, 0.15) is 33.1 Å². The minimum Gasteiger partial charge on any atom is -0.489 e. The summed E-state index contributed by atoms with van der Waals surface area (Å²) in [5.74, 6) is 0.921. The molecule has 0 aliphatic heterocycles. The van der Waals surface area contributed by atoms with Crippen molar-refractivity contribution in [3.8, 4) is 5.75 Å². The first-order chi connectivity index (χ1) is 10.1. The van der Waals surface area contributed by atoms with Crippen molar-refractivity contribution in [2.75, 3.05) is 7.05 Å². The molecule has 0 amide bonds. The van der Waals surface area contributed by atoms with Crippen molar-refractivity contribution in [3.63, 3.8) is 0 Å². The monoisotopic (exact) mass is 284 g/mol. The molecule has 0 radical (unpaired) electrons. The number of rotatable bonds is 3. The Labute approximate surface area is 126 Å². The average molecular weight is 284 g/mol. The zero-order valence-corrected chi connectivity index (χ0v) is 13.1. The molecule has 1 saturated carbocycles. The zero-order valence-electron chi connectivity index (χ0n) is 13.1. The maximum absolute atomic E-state index is 6.30. The van der Waals surface area contributed by atoms with Gasteiger partial charge in [0.2, 0.25) is 0 Å². The molecule has 3 heteroatoms. The fourth-order valence-corrected chi connectivity index (χ4v) is 3.58. The molecule has 0 bridgehead atoms. The summed E-state index contributed by atoms with van der Waals surface area (Å²) in [4.78, 5) is 4.41. The number of pyridine rings is 1. The summed E-state index contributed by atoms with van der Waals surface area (Å²) in [6, 6.07) is 10.6. The van der Waals surface area contributed by atoms with Gasteiger partial charge in [-0.25, -0.2) is 0 Å². The van der Waals surface area contributed by atoms with Crippen molar-refractivity contribution in [2.24, 2.45) is 5.41 Å². The van der Waals surface area contributed by atoms with E-state index in [2.05, 4.69) is 42.3 Å². The number of aromatic nitrogens is 1. The van der Waals surface area contributed by atoms with Crippen LogP contribution in [0.4, 0.5) is 0 Å². The van der Waals surface area contributed by atoms with E-state index in [-0.39, 0.29) is 11.5 Å². The lowest BCUT2D eigenvalue weighted by molar-refractivity contribution is 0.0404. The fourth-order valence-electron chi connectivity index (χ4n) is 3.58. The van der Waals surface area contributed by atoms with E-state index in [1.807, 2.05) is 25.4 Å². The summed E-state index contributed by atoms with van der Waals surface area (Å²) < 4.78 is 6.30. The van der Waals surface area contributed by atoms with Crippen LogP contribution >= 0.6 is 0 Å². The highest BCUT2D eigenvalue weighted by Crippen LogP contribution is 2.37. The van der Waals surface area contributed by atoms with Gasteiger partial charge in [-0.05, 0) is 49.9 Å². The highest BCUT2D eigenvalue weighted by atomic mass is 16.5. The van der Waals surface area contributed by atoms with Crippen molar-refractivity contribution < 1.29 is 4.74 Å². The molecule has 0 spiro atoms. The predicted molar refractivity (Wildman–Crippen MR) is 86.6 cm³/mol. The molecule has 1 aliphatic carbocycles. The van der Waals surface area contributed by atoms with E-state index < -0.39 is 0 Å². The third kappa shape index (κ3) is 2.88. The van der Waals surface area contributed by atoms with E-state index in [9.17, 15) is 0 Å². The van der Waals surface area contributed by atoms with E-state index >= 15 is 0 Å². The number of ether oxygens (including phenoxy) is 1. The predicted octanol–water partition coefficient (Wildman–Crippen LogP) is 3.78. The van der Waals surface area contributed by atoms with Gasteiger partial charge < -0.3 is 10.1 Å². The number of hydrogen-bond donors (Lipinski definition) is 1. The molecule has 0 saturated heterocycles. The highest BCUT2D eigenvalue weighted by molar-refractivity contribution is 5.79. The second kappa shape index (κ2) is 5.64. The number of fused-ring (bicyclic) bond motifs is 1. The third-order valence-corrected chi connectivity index (χ3v) is 4.70. The summed E-state index contributed by atoms with van der Waals surface area (Å²) in [7, 11) is 2.04. The minimum absolute atomic E-state index is 0.222. The topological polar surface area (TPSA) is 34.1 Å². The summed E-state index contributed by atoms with van der Waals surface area (Å²) in [5, 5.41) is 4.61. The van der Waals surface area contributed by atoms with Crippen LogP contribution in [0.5, 0.6) is 5.75 Å². The van der Waals surface area contributed by atoms with Gasteiger partial charge in [-0.15, -0.1) is 0 Å². The summed E-state index contributed by atoms with van der Waals surface area (Å²) in [6.07, 6.45) is 5.63. The lowest BCUT2D eigenvalue weighted by atomic mass is 9.72. The van der Waals surface area contributed by atoms with Crippen LogP contribution in [0.25, 0.3) is 10.9 Å². The number of benzene rings is 1. The van der Waals surface area contributed by atoms with Crippen LogP contribution in [0, 0.1) is 5.41 Å². The minimum atomic E-state index is 0.222. The van der Waals surface area contributed by atoms with Crippen LogP contribution in [-0.4, -0.2) is 24.2 Å². The Morgan fingerprint density at radius 3 is 2.95 bits per heavy atom. The largest absolute Gasteiger partial charge is 0.489 e. The normalized spacial score (nSPS) is 24.9. The van der Waals surface area contributed by atoms with Crippen LogP contribution < -0.4 is 10.1 Å². The van der Waals surface area contributed by atoms with Crippen molar-refractivity contribution in [1.82, 2.24) is 10.3 Å². The number of hydrogen-bond acceptors (Lipinski definition) is 3. The standard InChI is InChI=1S/C18H24N2O/c1-18(2)10-4-7-16(17(18)19-3)21-14-9-8-13-6-5-11-20-15(13)12-14/h5-6,8-9,11-12,16-17,19H,4,7,10H2,1-3H3. The molecule has 1 N–H and O–H groups in total. The molecule has 1 aliphatic rings. The summed E-state index contributed by atoms with van der Waals surface area (Å²) in [6.45, 7) is 4.65. The molecule has 21 heavy (non-hydrogen) atoms. The van der Waals surface area contributed by atoms with Gasteiger partial charge in [0.25, 0.3) is 0 Å². The molecule has 1 aromatic carbocycles. The molecule has 2 unspecified atom stereocenters. The van der Waals surface area contributed by atoms with E-state index in [0.29, 0.717) is 6.04 Å². The van der Waals surface area contributed by atoms with E-state index in [1.54, 1.807) is 0 Å². The SMILES string of the molecule is CNC1C(Oc2ccc3cccnc3c2)CCCC1(C)C. The Kier molecular flexibility index (Phi) is 3.85. The second-order valence-electron chi connectivity index (χ2n) is 6.66. The molecule has 3 rings (SSSR count). The molecular formula is C18H24N2O. The Morgan fingerprint density at radius 2 is 2.14 bits per heavy atom. The Bertz CT molecular complexity index is 623. The van der Waals surface area contributed by atoms with Gasteiger partial charge in [0, 0.05) is 23.7 Å². The second-order valence-corrected chi connectivity index (χ2v) is 6.66. The van der Waals surface area contributed by atoms with Crippen LogP contribution in [0.3, 0.4) is 0 Å². The van der Waals surface area contributed by atoms with Gasteiger partial charge >= 0.3 is 0 Å². The van der Waals surface area contributed by atoms with Crippen molar-refractivity contribution in [1.29, 1.82) is 0 Å². The number of nitrogens with zero attached hydrogens (tertiary/aromatic N) is 1. The molecule has 112 valence electrons. The Hall–Kier alpha value is -1.61. The molecular weight excluding hydrogens is 260 g/mol. The Morgan fingerprint density at radius 1 is 1.29 bits per heavy atom. The lowest BCUT2D eigenvalue weighted by Gasteiger charge is -2.43. The van der Waals surface area contributed by atoms with Crippen molar-refractivity contribution >= 4 is 10.9 Å². The molecule has 2 atom stereocenters. The van der Waals surface area contributed by atoms with E-state index in [4.69, 9.17) is 4.74 Å². The van der Waals surface area contributed by atoms with Gasteiger partial charge in [0.05, 0.1) is 5.52 Å². The molecule has 1 heterocycles. The van der Waals surface area contributed by atoms with Gasteiger partial charge in [-0.2, -0.15) is 0 Å². The van der Waals surface area contributed by atoms with Crippen molar-refractivity contribution in [2.45, 2.75) is 45.3 Å². The van der Waals surface area contributed by atoms with Gasteiger partial charge in [0.1, 0.15) is 11.9 Å². The van der Waals surface area contributed by atoms with E-state index in [0.717, 1.165) is 23.1 Å². The molecule has 1 aromatic heterocycles. The highest BCUT2D eigenvalue weighted by Gasteiger charge is 2.39. The first-order valence-electron chi connectivity index (χ1n) is 7.79. The fraction of sp³-hybridized carbons (Fsp3) is 0.500. The van der Waals surface area contributed by atoms with Gasteiger partial charge in [-0.3, -0.25) is 4.98 Å². The first-order valence-corrected chi connectivity index (χ1v) is 7.79. The average Bonchev–Trinajstić information content (AvgIpc) is 2.46. The molecule has 1 fully saturated rings. The van der Waals surface area contributed by atoms with Crippen LogP contribution in [-0.2, 0) is 0 Å². The maximum atomic E-state index is 6.30. The Balaban J connectivity index is 1.83. The molecule has 3 nitrogen and oxygen atoms in total. The summed E-state index contributed by atoms with van der Waals surface area (Å²) >= 11 is 0. The molecule has 2 aromatic rings. The van der Waals surface area contributed by atoms with Gasteiger partial charge in [-0.1, -0.05) is 19.9 Å². The van der Waals surface area contributed by atoms with Gasteiger partial charge in [0.15, 0.2) is 0 Å². The maximum Gasteiger partial charge on any atom is 0.122 e.